The molecule has 1 unspecified atom stereocenters. The highest BCUT2D eigenvalue weighted by molar-refractivity contribution is 5.81. The number of benzene rings is 1. The summed E-state index contributed by atoms with van der Waals surface area (Å²) in [5.41, 5.74) is 0.977. The number of rotatable bonds is 7. The van der Waals surface area contributed by atoms with Gasteiger partial charge in [0.05, 0.1) is 19.6 Å². The Balaban J connectivity index is 1.81. The van der Waals surface area contributed by atoms with Gasteiger partial charge < -0.3 is 15.0 Å². The van der Waals surface area contributed by atoms with Gasteiger partial charge in [0.25, 0.3) is 0 Å². The molecule has 0 radical (unpaired) electrons. The fourth-order valence-corrected chi connectivity index (χ4v) is 2.87. The van der Waals surface area contributed by atoms with Crippen LogP contribution in [0.3, 0.4) is 0 Å². The van der Waals surface area contributed by atoms with Crippen molar-refractivity contribution < 1.29 is 14.3 Å². The second-order valence-electron chi connectivity index (χ2n) is 6.15. The molecule has 2 amide bonds. The molecule has 1 aromatic rings. The Hall–Kier alpha value is -2.34. The smallest absolute Gasteiger partial charge is 0.237 e. The highest BCUT2D eigenvalue weighted by Crippen LogP contribution is 2.13. The maximum atomic E-state index is 12.5. The summed E-state index contributed by atoms with van der Waals surface area (Å²) in [6, 6.07) is 7.37. The lowest BCUT2D eigenvalue weighted by atomic mass is 10.1. The summed E-state index contributed by atoms with van der Waals surface area (Å²) in [6.45, 7) is 8.67. The first-order valence-corrected chi connectivity index (χ1v) is 8.58. The molecule has 1 heterocycles. The zero-order chi connectivity index (χ0) is 18.2. The molecule has 1 aromatic carbocycles. The minimum atomic E-state index is -0.196. The molecule has 6 nitrogen and oxygen atoms in total. The number of hydrogen-bond donors (Lipinski definition) is 1. The van der Waals surface area contributed by atoms with Gasteiger partial charge in [0.1, 0.15) is 5.75 Å². The predicted octanol–water partition coefficient (Wildman–Crippen LogP) is 1.07. The third kappa shape index (κ3) is 5.32. The Morgan fingerprint density at radius 2 is 1.88 bits per heavy atom. The zero-order valence-corrected chi connectivity index (χ0v) is 15.0. The molecule has 2 rings (SSSR count). The fourth-order valence-electron chi connectivity index (χ4n) is 2.87. The molecule has 0 bridgehead atoms. The van der Waals surface area contributed by atoms with E-state index in [1.54, 1.807) is 13.2 Å². The molecule has 1 N–H and O–H groups in total. The number of nitrogens with one attached hydrogen (secondary N) is 1. The van der Waals surface area contributed by atoms with E-state index >= 15 is 0 Å². The summed E-state index contributed by atoms with van der Waals surface area (Å²) in [5.74, 6) is 0.903. The lowest BCUT2D eigenvalue weighted by molar-refractivity contribution is -0.133. The van der Waals surface area contributed by atoms with Gasteiger partial charge in [-0.2, -0.15) is 0 Å². The number of nitrogens with zero attached hydrogens (tertiary/aromatic N) is 2. The monoisotopic (exact) mass is 345 g/mol. The quantitative estimate of drug-likeness (QED) is 0.751. The van der Waals surface area contributed by atoms with Crippen molar-refractivity contribution in [3.05, 3.63) is 42.5 Å². The van der Waals surface area contributed by atoms with Gasteiger partial charge in [-0.05, 0) is 24.6 Å². The summed E-state index contributed by atoms with van der Waals surface area (Å²) in [6.07, 6.45) is 2.06. The molecule has 136 valence electrons. The van der Waals surface area contributed by atoms with Crippen LogP contribution in [0.2, 0.25) is 0 Å². The van der Waals surface area contributed by atoms with Gasteiger partial charge in [0, 0.05) is 32.7 Å². The van der Waals surface area contributed by atoms with E-state index in [2.05, 4.69) is 16.8 Å². The molecule has 0 aromatic heterocycles. The van der Waals surface area contributed by atoms with E-state index in [-0.39, 0.29) is 17.9 Å². The topological polar surface area (TPSA) is 61.9 Å². The van der Waals surface area contributed by atoms with E-state index in [1.807, 2.05) is 36.1 Å². The number of piperazine rings is 1. The first kappa shape index (κ1) is 19.0. The average molecular weight is 345 g/mol. The minimum Gasteiger partial charge on any atom is -0.497 e. The van der Waals surface area contributed by atoms with Gasteiger partial charge in [0.2, 0.25) is 11.8 Å². The van der Waals surface area contributed by atoms with Gasteiger partial charge in [-0.3, -0.25) is 14.5 Å². The van der Waals surface area contributed by atoms with Crippen molar-refractivity contribution in [2.45, 2.75) is 19.4 Å². The Morgan fingerprint density at radius 1 is 1.24 bits per heavy atom. The van der Waals surface area contributed by atoms with Crippen molar-refractivity contribution in [1.29, 1.82) is 0 Å². The zero-order valence-electron chi connectivity index (χ0n) is 15.0. The molecule has 1 saturated heterocycles. The van der Waals surface area contributed by atoms with E-state index < -0.39 is 0 Å². The number of ether oxygens (including phenoxy) is 1. The van der Waals surface area contributed by atoms with Gasteiger partial charge in [-0.1, -0.05) is 18.2 Å². The molecule has 25 heavy (non-hydrogen) atoms. The van der Waals surface area contributed by atoms with Crippen molar-refractivity contribution in [3.63, 3.8) is 0 Å². The Morgan fingerprint density at radius 3 is 2.44 bits per heavy atom. The van der Waals surface area contributed by atoms with Crippen LogP contribution in [0.4, 0.5) is 0 Å². The van der Waals surface area contributed by atoms with Crippen LogP contribution >= 0.6 is 0 Å². The first-order chi connectivity index (χ1) is 12.0. The Labute approximate surface area is 149 Å². The molecule has 0 aliphatic carbocycles. The molecule has 6 heteroatoms. The van der Waals surface area contributed by atoms with E-state index in [1.165, 1.54) is 0 Å². The Kier molecular flexibility index (Phi) is 7.01. The largest absolute Gasteiger partial charge is 0.497 e. The van der Waals surface area contributed by atoms with Crippen molar-refractivity contribution in [1.82, 2.24) is 15.1 Å². The van der Waals surface area contributed by atoms with Crippen LogP contribution in [-0.2, 0) is 16.0 Å². The van der Waals surface area contributed by atoms with Crippen LogP contribution in [0.25, 0.3) is 0 Å². The van der Waals surface area contributed by atoms with E-state index in [0.29, 0.717) is 39.1 Å². The second-order valence-corrected chi connectivity index (χ2v) is 6.15. The SMILES string of the molecule is C=CCNC(=O)C(C)N1CCN(C(=O)Cc2ccc(OC)cc2)CC1. The first-order valence-electron chi connectivity index (χ1n) is 8.58. The van der Waals surface area contributed by atoms with Gasteiger partial charge in [0.15, 0.2) is 0 Å². The third-order valence-corrected chi connectivity index (χ3v) is 4.53. The highest BCUT2D eigenvalue weighted by atomic mass is 16.5. The number of amides is 2. The number of hydrogen-bond acceptors (Lipinski definition) is 4. The maximum Gasteiger partial charge on any atom is 0.237 e. The molecule has 1 aliphatic heterocycles. The van der Waals surface area contributed by atoms with Crippen LogP contribution < -0.4 is 10.1 Å². The van der Waals surface area contributed by atoms with E-state index in [9.17, 15) is 9.59 Å². The van der Waals surface area contributed by atoms with Crippen molar-refractivity contribution in [2.75, 3.05) is 39.8 Å². The minimum absolute atomic E-state index is 0.00194. The number of carbonyl (C=O) groups excluding carboxylic acids is 2. The normalized spacial score (nSPS) is 16.2. The summed E-state index contributed by atoms with van der Waals surface area (Å²) < 4.78 is 5.13. The second kappa shape index (κ2) is 9.22. The molecule has 1 aliphatic rings. The molecule has 1 atom stereocenters. The van der Waals surface area contributed by atoms with Crippen LogP contribution in [-0.4, -0.2) is 67.5 Å². The van der Waals surface area contributed by atoms with Crippen LogP contribution in [0.1, 0.15) is 12.5 Å². The van der Waals surface area contributed by atoms with Crippen LogP contribution in [0.15, 0.2) is 36.9 Å². The Bertz CT molecular complexity index is 592. The van der Waals surface area contributed by atoms with E-state index in [0.717, 1.165) is 11.3 Å². The maximum absolute atomic E-state index is 12.5. The molecular formula is C19H27N3O3. The standard InChI is InChI=1S/C19H27N3O3/c1-4-9-20-19(24)15(2)21-10-12-22(13-11-21)18(23)14-16-5-7-17(25-3)8-6-16/h4-8,15H,1,9-14H2,2-3H3,(H,20,24). The molecular weight excluding hydrogens is 318 g/mol. The molecule has 1 fully saturated rings. The lowest BCUT2D eigenvalue weighted by Crippen LogP contribution is -2.55. The average Bonchev–Trinajstić information content (AvgIpc) is 2.66. The summed E-state index contributed by atoms with van der Waals surface area (Å²) >= 11 is 0. The van der Waals surface area contributed by atoms with Crippen molar-refractivity contribution in [2.24, 2.45) is 0 Å². The van der Waals surface area contributed by atoms with E-state index in [4.69, 9.17) is 4.74 Å². The number of methoxy groups -OCH3 is 1. The van der Waals surface area contributed by atoms with Crippen molar-refractivity contribution >= 4 is 11.8 Å². The van der Waals surface area contributed by atoms with Gasteiger partial charge >= 0.3 is 0 Å². The van der Waals surface area contributed by atoms with Crippen LogP contribution in [0, 0.1) is 0 Å². The summed E-state index contributed by atoms with van der Waals surface area (Å²) in [5, 5.41) is 2.82. The van der Waals surface area contributed by atoms with Gasteiger partial charge in [-0.25, -0.2) is 0 Å². The van der Waals surface area contributed by atoms with Crippen molar-refractivity contribution in [3.8, 4) is 5.75 Å². The molecule has 0 spiro atoms. The summed E-state index contributed by atoms with van der Waals surface area (Å²) in [7, 11) is 1.62. The van der Waals surface area contributed by atoms with Gasteiger partial charge in [-0.15, -0.1) is 6.58 Å². The molecule has 0 saturated carbocycles. The van der Waals surface area contributed by atoms with Crippen LogP contribution in [0.5, 0.6) is 5.75 Å². The third-order valence-electron chi connectivity index (χ3n) is 4.53. The predicted molar refractivity (Wildman–Crippen MR) is 97.5 cm³/mol. The summed E-state index contributed by atoms with van der Waals surface area (Å²) in [4.78, 5) is 28.5. The number of carbonyl (C=O) groups is 2. The fraction of sp³-hybridized carbons (Fsp3) is 0.474. The highest BCUT2D eigenvalue weighted by Gasteiger charge is 2.27. The lowest BCUT2D eigenvalue weighted by Gasteiger charge is -2.37.